The Kier molecular flexibility index (Phi) is 11.3. The zero-order valence-corrected chi connectivity index (χ0v) is 15.7. The molecule has 0 aliphatic carbocycles. The van der Waals surface area contributed by atoms with E-state index in [9.17, 15) is 14.4 Å². The van der Waals surface area contributed by atoms with Gasteiger partial charge in [0.05, 0.1) is 27.6 Å². The second-order valence-corrected chi connectivity index (χ2v) is 7.42. The molecule has 0 fully saturated rings. The Morgan fingerprint density at radius 2 is 1.58 bits per heavy atom. The van der Waals surface area contributed by atoms with Gasteiger partial charge in [-0.2, -0.15) is 0 Å². The molecule has 0 aliphatic heterocycles. The van der Waals surface area contributed by atoms with Gasteiger partial charge in [-0.15, -0.1) is 0 Å². The van der Waals surface area contributed by atoms with E-state index in [0.29, 0.717) is 17.4 Å². The minimum absolute atomic E-state index is 0.130. The summed E-state index contributed by atoms with van der Waals surface area (Å²) in [6.45, 7) is 2.55. The third-order valence-corrected chi connectivity index (χ3v) is 3.60. The highest BCUT2D eigenvalue weighted by atomic mass is 16.5. The van der Waals surface area contributed by atoms with Gasteiger partial charge in [0, 0.05) is 6.42 Å². The van der Waals surface area contributed by atoms with Crippen LogP contribution >= 0.6 is 0 Å². The van der Waals surface area contributed by atoms with E-state index < -0.39 is 18.0 Å². The molecular weight excluding hydrogens is 310 g/mol. The van der Waals surface area contributed by atoms with Crippen LogP contribution in [0.5, 0.6) is 0 Å². The number of hydrogen-bond donors (Lipinski definition) is 1. The lowest BCUT2D eigenvalue weighted by molar-refractivity contribution is -0.873. The van der Waals surface area contributed by atoms with Gasteiger partial charge < -0.3 is 14.3 Å². The molecule has 140 valence electrons. The maximum Gasteiger partial charge on any atom is 0.313 e. The number of nitrogens with zero attached hydrogens (tertiary/aromatic N) is 1. The first-order valence-corrected chi connectivity index (χ1v) is 8.87. The monoisotopic (exact) mass is 344 g/mol. The standard InChI is InChI=1S/C18H33NO5/c1-5-6-7-8-9-10-11-15(20)12-18(23)24-16(13-17(21)22)14-19(2,3)4/h16H,5-14H2,1-4H3/p+1. The normalized spacial score (nSPS) is 12.7. The van der Waals surface area contributed by atoms with E-state index in [1.54, 1.807) is 0 Å². The summed E-state index contributed by atoms with van der Waals surface area (Å²) < 4.78 is 5.69. The molecular formula is C18H34NO5+. The molecule has 1 N–H and O–H groups in total. The summed E-state index contributed by atoms with van der Waals surface area (Å²) in [6, 6.07) is 0. The molecule has 0 radical (unpaired) electrons. The van der Waals surface area contributed by atoms with Crippen molar-refractivity contribution in [3.63, 3.8) is 0 Å². The topological polar surface area (TPSA) is 80.7 Å². The first-order chi connectivity index (χ1) is 11.1. The molecule has 6 heteroatoms. The molecule has 24 heavy (non-hydrogen) atoms. The van der Waals surface area contributed by atoms with Crippen LogP contribution in [-0.2, 0) is 19.1 Å². The van der Waals surface area contributed by atoms with Crippen molar-refractivity contribution < 1.29 is 28.7 Å². The van der Waals surface area contributed by atoms with Crippen LogP contribution in [0.25, 0.3) is 0 Å². The largest absolute Gasteiger partial charge is 0.481 e. The van der Waals surface area contributed by atoms with E-state index in [4.69, 9.17) is 9.84 Å². The molecule has 1 atom stereocenters. The third-order valence-electron chi connectivity index (χ3n) is 3.60. The van der Waals surface area contributed by atoms with Crippen LogP contribution in [0.2, 0.25) is 0 Å². The summed E-state index contributed by atoms with van der Waals surface area (Å²) in [6.07, 6.45) is 5.70. The number of carbonyl (C=O) groups is 3. The van der Waals surface area contributed by atoms with Crippen LogP contribution in [0.3, 0.4) is 0 Å². The Morgan fingerprint density at radius 1 is 1.00 bits per heavy atom. The lowest BCUT2D eigenvalue weighted by atomic mass is 10.1. The van der Waals surface area contributed by atoms with Crippen molar-refractivity contribution in [3.8, 4) is 0 Å². The SMILES string of the molecule is CCCCCCCCC(=O)CC(=O)OC(CC(=O)O)C[N+](C)(C)C. The number of ketones is 1. The summed E-state index contributed by atoms with van der Waals surface area (Å²) in [5.74, 6) is -1.76. The lowest BCUT2D eigenvalue weighted by Crippen LogP contribution is -2.44. The summed E-state index contributed by atoms with van der Waals surface area (Å²) >= 11 is 0. The Labute approximate surface area is 145 Å². The average Bonchev–Trinajstić information content (AvgIpc) is 2.39. The fourth-order valence-corrected chi connectivity index (χ4v) is 2.53. The lowest BCUT2D eigenvalue weighted by Gasteiger charge is -2.28. The van der Waals surface area contributed by atoms with Gasteiger partial charge in [-0.3, -0.25) is 14.4 Å². The number of carbonyl (C=O) groups excluding carboxylic acids is 2. The summed E-state index contributed by atoms with van der Waals surface area (Å²) in [4.78, 5) is 34.6. The predicted molar refractivity (Wildman–Crippen MR) is 92.6 cm³/mol. The van der Waals surface area contributed by atoms with Crippen molar-refractivity contribution in [1.82, 2.24) is 0 Å². The van der Waals surface area contributed by atoms with Crippen LogP contribution in [0, 0.1) is 0 Å². The molecule has 0 rings (SSSR count). The number of esters is 1. The molecule has 0 bridgehead atoms. The first-order valence-electron chi connectivity index (χ1n) is 8.87. The van der Waals surface area contributed by atoms with Crippen LogP contribution in [0.4, 0.5) is 0 Å². The summed E-state index contributed by atoms with van der Waals surface area (Å²) in [7, 11) is 5.69. The van der Waals surface area contributed by atoms with Gasteiger partial charge >= 0.3 is 11.9 Å². The van der Waals surface area contributed by atoms with Crippen molar-refractivity contribution in [2.75, 3.05) is 27.7 Å². The Morgan fingerprint density at radius 3 is 2.12 bits per heavy atom. The van der Waals surface area contributed by atoms with Crippen LogP contribution in [0.15, 0.2) is 0 Å². The van der Waals surface area contributed by atoms with Gasteiger partial charge in [0.25, 0.3) is 0 Å². The van der Waals surface area contributed by atoms with Crippen molar-refractivity contribution in [2.24, 2.45) is 0 Å². The number of unbranched alkanes of at least 4 members (excludes halogenated alkanes) is 5. The first kappa shape index (κ1) is 22.6. The average molecular weight is 344 g/mol. The fraction of sp³-hybridized carbons (Fsp3) is 0.833. The minimum atomic E-state index is -1.01. The Hall–Kier alpha value is -1.43. The van der Waals surface area contributed by atoms with E-state index in [2.05, 4.69) is 6.92 Å². The number of ether oxygens (including phenoxy) is 1. The van der Waals surface area contributed by atoms with Crippen LogP contribution < -0.4 is 0 Å². The van der Waals surface area contributed by atoms with E-state index in [0.717, 1.165) is 19.3 Å². The molecule has 0 heterocycles. The van der Waals surface area contributed by atoms with Gasteiger partial charge in [-0.25, -0.2) is 0 Å². The maximum absolute atomic E-state index is 11.9. The fourth-order valence-electron chi connectivity index (χ4n) is 2.53. The third kappa shape index (κ3) is 14.2. The number of carboxylic acid groups (broad SMARTS) is 1. The second kappa shape index (κ2) is 12.0. The highest BCUT2D eigenvalue weighted by Gasteiger charge is 2.25. The Balaban J connectivity index is 4.13. The van der Waals surface area contributed by atoms with E-state index >= 15 is 0 Å². The van der Waals surface area contributed by atoms with Gasteiger partial charge in [0.1, 0.15) is 18.7 Å². The van der Waals surface area contributed by atoms with Crippen molar-refractivity contribution in [2.45, 2.75) is 70.8 Å². The smallest absolute Gasteiger partial charge is 0.313 e. The number of likely N-dealkylation sites (N-methyl/N-ethyl adjacent to an activating group) is 1. The van der Waals surface area contributed by atoms with E-state index in [-0.39, 0.29) is 18.6 Å². The van der Waals surface area contributed by atoms with Crippen molar-refractivity contribution >= 4 is 17.7 Å². The molecule has 1 unspecified atom stereocenters. The van der Waals surface area contributed by atoms with Gasteiger partial charge in [0.2, 0.25) is 0 Å². The molecule has 0 spiro atoms. The van der Waals surface area contributed by atoms with E-state index in [1.165, 1.54) is 19.3 Å². The molecule has 0 amide bonds. The summed E-state index contributed by atoms with van der Waals surface area (Å²) in [5.41, 5.74) is 0. The highest BCUT2D eigenvalue weighted by Crippen LogP contribution is 2.10. The molecule has 0 saturated heterocycles. The van der Waals surface area contributed by atoms with Gasteiger partial charge in [0.15, 0.2) is 6.10 Å². The number of hydrogen-bond acceptors (Lipinski definition) is 4. The second-order valence-electron chi connectivity index (χ2n) is 7.42. The highest BCUT2D eigenvalue weighted by molar-refractivity contribution is 5.95. The molecule has 6 nitrogen and oxygen atoms in total. The van der Waals surface area contributed by atoms with Crippen LogP contribution in [-0.4, -0.2) is 61.1 Å². The van der Waals surface area contributed by atoms with Crippen LogP contribution in [0.1, 0.15) is 64.7 Å². The maximum atomic E-state index is 11.9. The van der Waals surface area contributed by atoms with E-state index in [1.807, 2.05) is 21.1 Å². The van der Waals surface area contributed by atoms with Gasteiger partial charge in [-0.05, 0) is 6.42 Å². The van der Waals surface area contributed by atoms with Crippen molar-refractivity contribution in [3.05, 3.63) is 0 Å². The quantitative estimate of drug-likeness (QED) is 0.227. The number of Topliss-reactive ketones (excluding diaryl/α,β-unsaturated/α-hetero) is 1. The zero-order valence-electron chi connectivity index (χ0n) is 15.7. The Bertz CT molecular complexity index is 401. The molecule has 0 aromatic rings. The summed E-state index contributed by atoms with van der Waals surface area (Å²) in [5, 5.41) is 8.92. The number of aliphatic carboxylic acids is 1. The predicted octanol–water partition coefficient (Wildman–Crippen LogP) is 2.79. The number of rotatable bonds is 14. The molecule has 0 saturated carbocycles. The minimum Gasteiger partial charge on any atom is -0.481 e. The number of quaternary nitrogens is 1. The molecule has 0 aromatic carbocycles. The zero-order chi connectivity index (χ0) is 18.6. The molecule has 0 aliphatic rings. The van der Waals surface area contributed by atoms with Gasteiger partial charge in [-0.1, -0.05) is 39.0 Å². The van der Waals surface area contributed by atoms with Crippen molar-refractivity contribution in [1.29, 1.82) is 0 Å². The molecule has 0 aromatic heterocycles. The number of carboxylic acids is 1.